The number of nitrogens with zero attached hydrogens (tertiary/aromatic N) is 10. The molecule has 0 bridgehead atoms. The molecule has 5 aromatic heterocycles. The maximum absolute atomic E-state index is 16.4. The lowest BCUT2D eigenvalue weighted by atomic mass is 9.82. The molecule has 1 N–H and O–H groups in total. The Morgan fingerprint density at radius 3 is 2.41 bits per heavy atom. The lowest BCUT2D eigenvalue weighted by Crippen LogP contribution is -2.55. The fourth-order valence-electron chi connectivity index (χ4n) is 12.4. The molecule has 1 spiro atoms. The van der Waals surface area contributed by atoms with Crippen molar-refractivity contribution in [1.82, 2.24) is 53.2 Å². The van der Waals surface area contributed by atoms with Crippen LogP contribution in [-0.2, 0) is 27.7 Å². The van der Waals surface area contributed by atoms with Gasteiger partial charge in [-0.05, 0) is 138 Å². The molecule has 71 heavy (non-hydrogen) atoms. The van der Waals surface area contributed by atoms with Crippen molar-refractivity contribution in [2.75, 3.05) is 19.7 Å². The van der Waals surface area contributed by atoms with Crippen molar-refractivity contribution >= 4 is 34.1 Å². The van der Waals surface area contributed by atoms with Crippen molar-refractivity contribution in [3.8, 4) is 17.2 Å². The van der Waals surface area contributed by atoms with Crippen LogP contribution in [0.15, 0.2) is 81.2 Å². The van der Waals surface area contributed by atoms with E-state index in [0.717, 1.165) is 35.7 Å². The summed E-state index contributed by atoms with van der Waals surface area (Å²) in [6.07, 6.45) is 8.48. The maximum atomic E-state index is 16.4. The number of hydrogen-bond acceptors (Lipinski definition) is 9. The molecule has 2 saturated heterocycles. The number of aromatic nitrogens is 9. The van der Waals surface area contributed by atoms with Gasteiger partial charge in [-0.1, -0.05) is 18.1 Å². The number of carbonyl (C=O) groups is 2. The number of aromatic amines is 1. The van der Waals surface area contributed by atoms with Gasteiger partial charge >= 0.3 is 11.4 Å². The second-order valence-electron chi connectivity index (χ2n) is 20.8. The number of H-pyrrole nitrogens is 1. The van der Waals surface area contributed by atoms with Crippen molar-refractivity contribution in [2.24, 2.45) is 13.0 Å². The summed E-state index contributed by atoms with van der Waals surface area (Å²) >= 11 is 0. The largest absolute Gasteiger partial charge is 0.438 e. The Balaban J connectivity index is 1.07. The molecule has 19 heteroatoms. The molecular weight excluding hydrogens is 913 g/mol. The van der Waals surface area contributed by atoms with Crippen LogP contribution >= 0.6 is 0 Å². The van der Waals surface area contributed by atoms with E-state index in [9.17, 15) is 9.59 Å². The van der Waals surface area contributed by atoms with Crippen LogP contribution in [0.25, 0.3) is 39.0 Å². The molecule has 5 atom stereocenters. The maximum Gasteiger partial charge on any atom is 0.438 e. The molecule has 1 saturated carbocycles. The number of carbonyl (C=O) groups excluding carboxylic acids is 2. The third-order valence-corrected chi connectivity index (χ3v) is 16.1. The van der Waals surface area contributed by atoms with E-state index in [1.807, 2.05) is 30.5 Å². The third-order valence-electron chi connectivity index (χ3n) is 16.1. The van der Waals surface area contributed by atoms with E-state index >= 15 is 18.4 Å². The van der Waals surface area contributed by atoms with Crippen LogP contribution in [0.3, 0.4) is 0 Å². The first-order valence-corrected chi connectivity index (χ1v) is 24.2. The van der Waals surface area contributed by atoms with Crippen LogP contribution in [0, 0.1) is 31.4 Å². The first kappa shape index (κ1) is 44.8. The van der Waals surface area contributed by atoms with Crippen molar-refractivity contribution < 1.29 is 27.6 Å². The summed E-state index contributed by atoms with van der Waals surface area (Å²) in [6, 6.07) is 13.9. The second kappa shape index (κ2) is 15.5. The summed E-state index contributed by atoms with van der Waals surface area (Å²) < 4.78 is 50.7. The van der Waals surface area contributed by atoms with Crippen molar-refractivity contribution in [3.63, 3.8) is 0 Å². The van der Waals surface area contributed by atoms with Crippen LogP contribution in [0.1, 0.15) is 116 Å². The van der Waals surface area contributed by atoms with E-state index in [0.29, 0.717) is 77.5 Å². The number of likely N-dealkylation sites (tertiary alicyclic amines) is 1. The van der Waals surface area contributed by atoms with E-state index < -0.39 is 40.2 Å². The van der Waals surface area contributed by atoms with Crippen LogP contribution in [0.4, 0.5) is 8.78 Å². The van der Waals surface area contributed by atoms with Gasteiger partial charge in [0.25, 0.3) is 5.91 Å². The average molecular weight is 966 g/mol. The fraction of sp³-hybridized carbons (Fsp3) is 0.404. The van der Waals surface area contributed by atoms with Crippen LogP contribution in [-0.4, -0.2) is 90.8 Å². The predicted octanol–water partition coefficient (Wildman–Crippen LogP) is 7.35. The molecule has 8 heterocycles. The fourth-order valence-corrected chi connectivity index (χ4v) is 12.4. The monoisotopic (exact) mass is 965 g/mol. The van der Waals surface area contributed by atoms with Gasteiger partial charge in [0, 0.05) is 49.1 Å². The number of amides is 2. The molecular formula is C52H53F2N11O6. The lowest BCUT2D eigenvalue weighted by Gasteiger charge is -2.46. The Bertz CT molecular complexity index is 3640. The van der Waals surface area contributed by atoms with E-state index in [1.54, 1.807) is 58.3 Å². The number of rotatable bonds is 8. The molecule has 3 aromatic carbocycles. The van der Waals surface area contributed by atoms with Gasteiger partial charge in [-0.15, -0.1) is 0 Å². The van der Waals surface area contributed by atoms with Gasteiger partial charge in [0.1, 0.15) is 28.4 Å². The molecule has 12 rings (SSSR count). The highest BCUT2D eigenvalue weighted by Gasteiger charge is 2.60. The molecule has 4 aliphatic rings. The van der Waals surface area contributed by atoms with Crippen LogP contribution < -0.4 is 11.4 Å². The van der Waals surface area contributed by atoms with Crippen molar-refractivity contribution in [2.45, 2.75) is 102 Å². The van der Waals surface area contributed by atoms with Gasteiger partial charge in [0.2, 0.25) is 6.41 Å². The number of hydrogen-bond donors (Lipinski definition) is 1. The zero-order valence-corrected chi connectivity index (χ0v) is 40.5. The SMILES string of the molecule is Cc1cc(-n2nc3c(c2-n2ccn(-c4ccc5c(cnn5C)c4F)c2=O)[C@H](C)N(C(=O)c2cc4cc([C@H]5CCOC(C)(C)C5)ccc4n2[C@@]2(c4noc(=O)[nH]4)C[C@@H]2C)CC32CCCN2C=O)cc(C)c1F. The van der Waals surface area contributed by atoms with Gasteiger partial charge < -0.3 is 19.1 Å². The molecule has 17 nitrogen and oxygen atoms in total. The Hall–Kier alpha value is -7.41. The number of halogens is 2. The van der Waals surface area contributed by atoms with E-state index in [4.69, 9.17) is 14.4 Å². The third kappa shape index (κ3) is 6.46. The number of imidazole rings is 1. The van der Waals surface area contributed by atoms with Gasteiger partial charge in [0.15, 0.2) is 11.6 Å². The zero-order chi connectivity index (χ0) is 49.6. The van der Waals surface area contributed by atoms with E-state index in [2.05, 4.69) is 41.2 Å². The molecule has 366 valence electrons. The Morgan fingerprint density at radius 1 is 0.958 bits per heavy atom. The van der Waals surface area contributed by atoms with E-state index in [-0.39, 0.29) is 46.8 Å². The first-order chi connectivity index (χ1) is 34.0. The minimum atomic E-state index is -1.16. The van der Waals surface area contributed by atoms with Gasteiger partial charge in [-0.2, -0.15) is 10.2 Å². The summed E-state index contributed by atoms with van der Waals surface area (Å²) in [5, 5.41) is 14.8. The molecule has 8 aromatic rings. The predicted molar refractivity (Wildman–Crippen MR) is 257 cm³/mol. The normalized spacial score (nSPS) is 23.9. The summed E-state index contributed by atoms with van der Waals surface area (Å²) in [5.41, 5.74) is 1.87. The molecule has 1 unspecified atom stereocenters. The standard InChI is InChI=1S/C52H53F2N11O6/c1-28-19-35(20-29(2)42(28)53)65-45(62-17-16-61(49(62)69)39-12-11-38-36(43(39)54)25-55-59(38)7)41-31(4)63(26-51(44(41)57-65)14-8-15-60(51)27-66)46(67)40-22-34-21-32(33-13-18-70-50(5,6)24-33)9-10-37(34)64(40)52(23-30(52)3)47-56-48(68)71-58-47/h9-12,16-17,19-22,25,27,30-31,33H,8,13-15,18,23-24,26H2,1-7H3,(H,56,58,68)/t30-,31-,33-,51?,52-/m0/s1. The number of aryl methyl sites for hydroxylation is 3. The zero-order valence-electron chi connectivity index (χ0n) is 40.5. The summed E-state index contributed by atoms with van der Waals surface area (Å²) in [6.45, 7) is 12.5. The lowest BCUT2D eigenvalue weighted by molar-refractivity contribution is -0.123. The molecule has 2 amide bonds. The minimum Gasteiger partial charge on any atom is -0.376 e. The van der Waals surface area contributed by atoms with Gasteiger partial charge in [-0.25, -0.2) is 23.1 Å². The van der Waals surface area contributed by atoms with Crippen molar-refractivity contribution in [3.05, 3.63) is 139 Å². The number of nitrogens with one attached hydrogen (secondary N) is 1. The highest BCUT2D eigenvalue weighted by Crippen LogP contribution is 2.57. The number of ether oxygens (including phenoxy) is 1. The topological polar surface area (TPSA) is 176 Å². The summed E-state index contributed by atoms with van der Waals surface area (Å²) in [5.74, 6) is -1.38. The molecule has 3 fully saturated rings. The Kier molecular flexibility index (Phi) is 9.80. The first-order valence-electron chi connectivity index (χ1n) is 24.2. The van der Waals surface area contributed by atoms with Gasteiger partial charge in [0.05, 0.1) is 52.4 Å². The van der Waals surface area contributed by atoms with Crippen LogP contribution in [0.2, 0.25) is 0 Å². The van der Waals surface area contributed by atoms with Gasteiger partial charge in [-0.3, -0.25) is 32.9 Å². The Labute approximate surface area is 405 Å². The minimum absolute atomic E-state index is 0.000100. The average Bonchev–Trinajstić information content (AvgIpc) is 4.08. The Morgan fingerprint density at radius 2 is 1.70 bits per heavy atom. The van der Waals surface area contributed by atoms with Crippen LogP contribution in [0.5, 0.6) is 0 Å². The second-order valence-corrected chi connectivity index (χ2v) is 20.8. The van der Waals surface area contributed by atoms with Crippen molar-refractivity contribution in [1.29, 1.82) is 0 Å². The molecule has 0 radical (unpaired) electrons. The summed E-state index contributed by atoms with van der Waals surface area (Å²) in [4.78, 5) is 63.4. The smallest absolute Gasteiger partial charge is 0.376 e. The highest BCUT2D eigenvalue weighted by atomic mass is 19.1. The van der Waals surface area contributed by atoms with E-state index in [1.165, 1.54) is 33.8 Å². The highest BCUT2D eigenvalue weighted by molar-refractivity contribution is 6.00. The summed E-state index contributed by atoms with van der Waals surface area (Å²) in [7, 11) is 1.71. The molecule has 3 aliphatic heterocycles. The number of fused-ring (bicyclic) bond motifs is 4. The molecule has 1 aliphatic carbocycles. The quantitative estimate of drug-likeness (QED) is 0.153. The number of benzene rings is 3.